The predicted octanol–water partition coefficient (Wildman–Crippen LogP) is 1.08. The highest BCUT2D eigenvalue weighted by Crippen LogP contribution is 2.06. The highest BCUT2D eigenvalue weighted by Gasteiger charge is 2.10. The van der Waals surface area contributed by atoms with Crippen molar-refractivity contribution in [1.29, 1.82) is 0 Å². The van der Waals surface area contributed by atoms with Crippen molar-refractivity contribution in [2.75, 3.05) is 39.8 Å². The van der Waals surface area contributed by atoms with Crippen LogP contribution in [-0.4, -0.2) is 61.8 Å². The van der Waals surface area contributed by atoms with Gasteiger partial charge in [-0.15, -0.1) is 0 Å². The molecule has 0 bridgehead atoms. The highest BCUT2D eigenvalue weighted by atomic mass is 16.2. The van der Waals surface area contributed by atoms with Crippen LogP contribution in [0.15, 0.2) is 17.3 Å². The molecule has 1 aliphatic heterocycles. The molecular weight excluding hydrogens is 240 g/mol. The Hall–Kier alpha value is -1.36. The van der Waals surface area contributed by atoms with E-state index in [0.717, 1.165) is 25.2 Å². The summed E-state index contributed by atoms with van der Waals surface area (Å²) in [5.74, 6) is 0.0390. The number of likely N-dealkylation sites (tertiary alicyclic amines) is 1. The smallest absolute Gasteiger partial charge is 0.239 e. The van der Waals surface area contributed by atoms with Crippen LogP contribution >= 0.6 is 0 Å². The van der Waals surface area contributed by atoms with Crippen LogP contribution in [0.2, 0.25) is 0 Å². The number of nitrogens with one attached hydrogen (secondary N) is 1. The van der Waals surface area contributed by atoms with Gasteiger partial charge in [-0.3, -0.25) is 4.79 Å². The first-order valence-electron chi connectivity index (χ1n) is 6.97. The fourth-order valence-electron chi connectivity index (χ4n) is 2.06. The molecule has 1 amide bonds. The molecular formula is C14H26N4O. The van der Waals surface area contributed by atoms with Crippen LogP contribution in [0.3, 0.4) is 0 Å². The number of nitrogens with zero attached hydrogens (tertiary/aromatic N) is 3. The third-order valence-electron chi connectivity index (χ3n) is 3.04. The minimum absolute atomic E-state index is 0.0390. The van der Waals surface area contributed by atoms with Gasteiger partial charge in [0, 0.05) is 19.3 Å². The quantitative estimate of drug-likeness (QED) is 0.406. The first kappa shape index (κ1) is 15.7. The van der Waals surface area contributed by atoms with Crippen LogP contribution in [0.1, 0.15) is 26.2 Å². The fourth-order valence-corrected chi connectivity index (χ4v) is 2.06. The van der Waals surface area contributed by atoms with E-state index in [-0.39, 0.29) is 5.91 Å². The predicted molar refractivity (Wildman–Crippen MR) is 79.2 cm³/mol. The van der Waals surface area contributed by atoms with Gasteiger partial charge in [0.2, 0.25) is 5.91 Å². The molecule has 1 N–H and O–H groups in total. The minimum atomic E-state index is 0.0390. The van der Waals surface area contributed by atoms with Crippen LogP contribution < -0.4 is 5.32 Å². The summed E-state index contributed by atoms with van der Waals surface area (Å²) in [6, 6.07) is 0. The molecule has 0 aromatic rings. The largest absolute Gasteiger partial charge is 0.356 e. The molecule has 19 heavy (non-hydrogen) atoms. The molecule has 0 radical (unpaired) electrons. The number of aliphatic imine (C=N–C) groups is 1. The number of carbonyl (C=O) groups excluding carboxylic acids is 1. The van der Waals surface area contributed by atoms with Crippen molar-refractivity contribution in [2.24, 2.45) is 4.99 Å². The van der Waals surface area contributed by atoms with Crippen molar-refractivity contribution in [1.82, 2.24) is 15.1 Å². The molecule has 0 aromatic carbocycles. The van der Waals surface area contributed by atoms with Gasteiger partial charge in [0.15, 0.2) is 0 Å². The highest BCUT2D eigenvalue weighted by molar-refractivity contribution is 5.80. The van der Waals surface area contributed by atoms with Crippen molar-refractivity contribution in [3.8, 4) is 0 Å². The number of carbonyl (C=O) groups is 1. The van der Waals surface area contributed by atoms with E-state index in [4.69, 9.17) is 0 Å². The fraction of sp³-hybridized carbons (Fsp3) is 0.714. The average Bonchev–Trinajstić information content (AvgIpc) is 2.85. The molecule has 0 unspecified atom stereocenters. The SMILES string of the molecule is C=C(C)/N=C\N(C)CC(=O)NCCCN1CCCC1. The van der Waals surface area contributed by atoms with Gasteiger partial charge in [-0.05, 0) is 45.8 Å². The van der Waals surface area contributed by atoms with Gasteiger partial charge in [-0.25, -0.2) is 4.99 Å². The third-order valence-corrected chi connectivity index (χ3v) is 3.04. The van der Waals surface area contributed by atoms with Crippen LogP contribution in [0.5, 0.6) is 0 Å². The van der Waals surface area contributed by atoms with E-state index in [0.29, 0.717) is 6.54 Å². The Balaban J connectivity index is 2.05. The van der Waals surface area contributed by atoms with E-state index >= 15 is 0 Å². The van der Waals surface area contributed by atoms with Crippen LogP contribution in [0, 0.1) is 0 Å². The number of likely N-dealkylation sites (N-methyl/N-ethyl adjacent to an activating group) is 1. The third kappa shape index (κ3) is 7.62. The van der Waals surface area contributed by atoms with Gasteiger partial charge in [-0.2, -0.15) is 0 Å². The van der Waals surface area contributed by atoms with Crippen molar-refractivity contribution in [2.45, 2.75) is 26.2 Å². The van der Waals surface area contributed by atoms with Crippen molar-refractivity contribution >= 4 is 12.2 Å². The zero-order chi connectivity index (χ0) is 14.1. The summed E-state index contributed by atoms with van der Waals surface area (Å²) in [6.45, 7) is 10.1. The molecule has 108 valence electrons. The lowest BCUT2D eigenvalue weighted by Gasteiger charge is -2.15. The van der Waals surface area contributed by atoms with Gasteiger partial charge in [0.1, 0.15) is 0 Å². The Labute approximate surface area is 116 Å². The maximum Gasteiger partial charge on any atom is 0.239 e. The number of hydrogen-bond acceptors (Lipinski definition) is 3. The summed E-state index contributed by atoms with van der Waals surface area (Å²) in [5.41, 5.74) is 0.734. The second kappa shape index (κ2) is 8.69. The first-order chi connectivity index (χ1) is 9.08. The minimum Gasteiger partial charge on any atom is -0.356 e. The maximum absolute atomic E-state index is 11.6. The summed E-state index contributed by atoms with van der Waals surface area (Å²) in [6.07, 6.45) is 5.29. The van der Waals surface area contributed by atoms with Gasteiger partial charge >= 0.3 is 0 Å². The molecule has 1 aliphatic rings. The molecule has 0 atom stereocenters. The molecule has 1 fully saturated rings. The van der Waals surface area contributed by atoms with Crippen molar-refractivity contribution in [3.05, 3.63) is 12.3 Å². The van der Waals surface area contributed by atoms with E-state index in [2.05, 4.69) is 21.8 Å². The zero-order valence-corrected chi connectivity index (χ0v) is 12.2. The topological polar surface area (TPSA) is 47.9 Å². The second-order valence-corrected chi connectivity index (χ2v) is 5.15. The van der Waals surface area contributed by atoms with Crippen molar-refractivity contribution in [3.63, 3.8) is 0 Å². The first-order valence-corrected chi connectivity index (χ1v) is 6.97. The Morgan fingerprint density at radius 1 is 1.47 bits per heavy atom. The van der Waals surface area contributed by atoms with Crippen molar-refractivity contribution < 1.29 is 4.79 Å². The van der Waals surface area contributed by atoms with Crippen LogP contribution in [0.4, 0.5) is 0 Å². The van der Waals surface area contributed by atoms with E-state index in [1.54, 1.807) is 11.2 Å². The van der Waals surface area contributed by atoms with E-state index in [1.807, 2.05) is 14.0 Å². The molecule has 0 aliphatic carbocycles. The lowest BCUT2D eigenvalue weighted by atomic mass is 10.4. The normalized spacial score (nSPS) is 15.9. The van der Waals surface area contributed by atoms with Gasteiger partial charge in [-0.1, -0.05) is 6.58 Å². The molecule has 0 saturated carbocycles. The Morgan fingerprint density at radius 2 is 2.16 bits per heavy atom. The Bertz CT molecular complexity index is 321. The monoisotopic (exact) mass is 266 g/mol. The second-order valence-electron chi connectivity index (χ2n) is 5.15. The lowest BCUT2D eigenvalue weighted by Crippen LogP contribution is -2.36. The molecule has 0 aromatic heterocycles. The summed E-state index contributed by atoms with van der Waals surface area (Å²) in [4.78, 5) is 19.9. The number of allylic oxidation sites excluding steroid dienone is 1. The summed E-state index contributed by atoms with van der Waals surface area (Å²) >= 11 is 0. The molecule has 0 spiro atoms. The van der Waals surface area contributed by atoms with Gasteiger partial charge < -0.3 is 15.1 Å². The summed E-state index contributed by atoms with van der Waals surface area (Å²) < 4.78 is 0. The molecule has 1 heterocycles. The van der Waals surface area contributed by atoms with Crippen LogP contribution in [-0.2, 0) is 4.79 Å². The average molecular weight is 266 g/mol. The zero-order valence-electron chi connectivity index (χ0n) is 12.2. The van der Waals surface area contributed by atoms with E-state index in [9.17, 15) is 4.79 Å². The standard InChI is InChI=1S/C14H26N4O/c1-13(2)16-12-17(3)11-14(19)15-7-6-10-18-8-4-5-9-18/h12H,1,4-11H2,2-3H3,(H,15,19)/b16-12-. The molecule has 1 rings (SSSR count). The maximum atomic E-state index is 11.6. The molecule has 1 saturated heterocycles. The van der Waals surface area contributed by atoms with Gasteiger partial charge in [0.25, 0.3) is 0 Å². The number of amides is 1. The molecule has 5 heteroatoms. The van der Waals surface area contributed by atoms with Gasteiger partial charge in [0.05, 0.1) is 12.9 Å². The number of rotatable bonds is 8. The van der Waals surface area contributed by atoms with E-state index < -0.39 is 0 Å². The molecule has 5 nitrogen and oxygen atoms in total. The van der Waals surface area contributed by atoms with Crippen LogP contribution in [0.25, 0.3) is 0 Å². The summed E-state index contributed by atoms with van der Waals surface area (Å²) in [7, 11) is 1.83. The Kier molecular flexibility index (Phi) is 7.18. The lowest BCUT2D eigenvalue weighted by molar-refractivity contribution is -0.121. The Morgan fingerprint density at radius 3 is 2.79 bits per heavy atom. The summed E-state index contributed by atoms with van der Waals surface area (Å²) in [5, 5.41) is 2.93. The number of hydrogen-bond donors (Lipinski definition) is 1. The van der Waals surface area contributed by atoms with E-state index in [1.165, 1.54) is 25.9 Å².